The van der Waals surface area contributed by atoms with E-state index in [0.29, 0.717) is 0 Å². The monoisotopic (exact) mass is 1060 g/mol. The molecule has 4 nitrogen and oxygen atoms in total. The summed E-state index contributed by atoms with van der Waals surface area (Å²) < 4.78 is 22.2. The van der Waals surface area contributed by atoms with Gasteiger partial charge in [0, 0.05) is 48.6 Å². The van der Waals surface area contributed by atoms with Gasteiger partial charge in [-0.3, -0.25) is 9.37 Å². The third kappa shape index (κ3) is 8.38. The Labute approximate surface area is 410 Å². The van der Waals surface area contributed by atoms with Gasteiger partial charge in [0.2, 0.25) is 0 Å². The molecule has 0 saturated carbocycles. The van der Waals surface area contributed by atoms with Crippen molar-refractivity contribution in [1.82, 2.24) is 14.5 Å². The zero-order chi connectivity index (χ0) is 45.6. The second kappa shape index (κ2) is 19.0. The number of furan rings is 1. The Morgan fingerprint density at radius 1 is 0.603 bits per heavy atom. The van der Waals surface area contributed by atoms with Crippen LogP contribution in [0.2, 0.25) is 0 Å². The molecule has 0 fully saturated rings. The summed E-state index contributed by atoms with van der Waals surface area (Å²) in [5.74, 6) is 1.13. The maximum atomic E-state index is 12.6. The third-order valence-electron chi connectivity index (χ3n) is 13.4. The average molecular weight is 1060 g/mol. The molecular formula is C62H50FIrN3O-2. The van der Waals surface area contributed by atoms with Crippen LogP contribution in [-0.2, 0) is 45.8 Å². The predicted octanol–water partition coefficient (Wildman–Crippen LogP) is 16.0. The number of hydrogen-bond donors (Lipinski definition) is 0. The molecule has 6 heteroatoms. The molecule has 0 amide bonds. The number of imidazole rings is 1. The van der Waals surface area contributed by atoms with Crippen LogP contribution in [0.5, 0.6) is 0 Å². The van der Waals surface area contributed by atoms with Crippen LogP contribution < -0.4 is 0 Å². The number of benzene rings is 8. The first kappa shape index (κ1) is 44.8. The third-order valence-corrected chi connectivity index (χ3v) is 13.4. The van der Waals surface area contributed by atoms with Crippen molar-refractivity contribution in [3.8, 4) is 39.5 Å². The number of nitrogens with zero attached hydrogens (tertiary/aromatic N) is 3. The van der Waals surface area contributed by atoms with Gasteiger partial charge in [0.15, 0.2) is 0 Å². The van der Waals surface area contributed by atoms with E-state index in [4.69, 9.17) is 9.40 Å². The Morgan fingerprint density at radius 2 is 1.26 bits per heavy atom. The Bertz CT molecular complexity index is 3550. The minimum absolute atomic E-state index is 0. The second-order valence-electron chi connectivity index (χ2n) is 18.3. The molecule has 1 radical (unpaired) electrons. The van der Waals surface area contributed by atoms with Gasteiger partial charge in [0.05, 0.1) is 22.4 Å². The van der Waals surface area contributed by atoms with Crippen molar-refractivity contribution in [2.75, 3.05) is 0 Å². The van der Waals surface area contributed by atoms with E-state index in [0.717, 1.165) is 81.3 Å². The van der Waals surface area contributed by atoms with Gasteiger partial charge in [-0.05, 0) is 123 Å². The van der Waals surface area contributed by atoms with Crippen LogP contribution in [0, 0.1) is 17.9 Å². The van der Waals surface area contributed by atoms with E-state index >= 15 is 0 Å². The number of hydrogen-bond acceptors (Lipinski definition) is 3. The average Bonchev–Trinajstić information content (AvgIpc) is 3.94. The summed E-state index contributed by atoms with van der Waals surface area (Å²) in [4.78, 5) is 9.54. The summed E-state index contributed by atoms with van der Waals surface area (Å²) in [6.45, 7) is 9.21. The number of fused-ring (bicyclic) bond motifs is 4. The predicted molar refractivity (Wildman–Crippen MR) is 273 cm³/mol. The van der Waals surface area contributed by atoms with Gasteiger partial charge >= 0.3 is 0 Å². The summed E-state index contributed by atoms with van der Waals surface area (Å²) in [6.07, 6.45) is 5.66. The first-order valence-corrected chi connectivity index (χ1v) is 23.5. The molecule has 4 bridgehead atoms. The van der Waals surface area contributed by atoms with Crippen molar-refractivity contribution in [2.45, 2.75) is 65.2 Å². The number of halogens is 1. The quantitative estimate of drug-likeness (QED) is 0.156. The number of para-hydroxylation sites is 2. The van der Waals surface area contributed by atoms with E-state index in [-0.39, 0.29) is 37.8 Å². The molecule has 0 N–H and O–H groups in total. The SMILES string of the molecule is CC(C)c1cc(-c2ccccc2)cc(C(C)C)c1-n1c(-c2[c-]ccc3c2oc2c3ccc3c4ccc(c32)CCc2ccc(cc2)CC4)nc2ccccc21.Fc1c[c-]c(-c2ccccn2)cc1.[Ir]. The van der Waals surface area contributed by atoms with Gasteiger partial charge in [-0.25, -0.2) is 0 Å². The Morgan fingerprint density at radius 3 is 1.96 bits per heavy atom. The molecule has 11 aromatic rings. The second-order valence-corrected chi connectivity index (χ2v) is 18.3. The summed E-state index contributed by atoms with van der Waals surface area (Å²) in [7, 11) is 0. The van der Waals surface area contributed by atoms with Crippen molar-refractivity contribution in [3.05, 3.63) is 221 Å². The van der Waals surface area contributed by atoms with Gasteiger partial charge in [-0.15, -0.1) is 48.0 Å². The minimum atomic E-state index is -0.278. The first-order valence-electron chi connectivity index (χ1n) is 23.5. The van der Waals surface area contributed by atoms with Crippen molar-refractivity contribution in [3.63, 3.8) is 0 Å². The minimum Gasteiger partial charge on any atom is -0.500 e. The van der Waals surface area contributed by atoms with Crippen LogP contribution in [0.15, 0.2) is 174 Å². The van der Waals surface area contributed by atoms with E-state index in [1.807, 2.05) is 18.2 Å². The van der Waals surface area contributed by atoms with Gasteiger partial charge in [-0.1, -0.05) is 142 Å². The maximum Gasteiger partial charge on any atom is 0.129 e. The Balaban J connectivity index is 0.000000333. The normalized spacial score (nSPS) is 12.4. The summed E-state index contributed by atoms with van der Waals surface area (Å²) >= 11 is 0. The van der Waals surface area contributed by atoms with E-state index in [2.05, 4.69) is 177 Å². The summed E-state index contributed by atoms with van der Waals surface area (Å²) in [5, 5.41) is 4.78. The number of pyridine rings is 1. The molecule has 4 aliphatic rings. The van der Waals surface area contributed by atoms with Gasteiger partial charge in [0.25, 0.3) is 0 Å². The molecule has 0 unspecified atom stereocenters. The Kier molecular flexibility index (Phi) is 12.5. The molecule has 68 heavy (non-hydrogen) atoms. The fourth-order valence-electron chi connectivity index (χ4n) is 9.91. The van der Waals surface area contributed by atoms with Crippen molar-refractivity contribution >= 4 is 43.7 Å². The van der Waals surface area contributed by atoms with E-state index in [1.54, 1.807) is 12.3 Å². The number of aryl methyl sites for hydroxylation is 4. The molecule has 3 aromatic heterocycles. The van der Waals surface area contributed by atoms with Crippen LogP contribution in [-0.4, -0.2) is 14.5 Å². The van der Waals surface area contributed by atoms with Crippen LogP contribution in [0.25, 0.3) is 83.2 Å². The largest absolute Gasteiger partial charge is 0.500 e. The standard InChI is InChI=1S/C51H43N2O.C11H7FN.Ir/c1-31(2)43-29-38(35-11-6-5-7-12-35)30-44(32(3)4)48(43)53-46-16-9-8-15-45(46)52-51(53)42-14-10-13-40-41-28-27-39-36-23-21-33-17-19-34(20-18-33)22-24-37(26-25-36)47(39)50(41)54-49(40)42;12-10-6-4-9(5-7-10)11-3-1-2-8-13-11;/h5-13,15-20,25-32H,21-24H2,1-4H3;1-4,6-8H;/q2*-1;. The van der Waals surface area contributed by atoms with Gasteiger partial charge in [0.1, 0.15) is 5.58 Å². The smallest absolute Gasteiger partial charge is 0.129 e. The van der Waals surface area contributed by atoms with Crippen molar-refractivity contribution in [1.29, 1.82) is 0 Å². The zero-order valence-corrected chi connectivity index (χ0v) is 41.0. The molecule has 0 aliphatic heterocycles. The molecule has 337 valence electrons. The number of rotatable bonds is 6. The van der Waals surface area contributed by atoms with Crippen LogP contribution >= 0.6 is 0 Å². The maximum absolute atomic E-state index is 12.6. The molecular weight excluding hydrogens is 1010 g/mol. The fourth-order valence-corrected chi connectivity index (χ4v) is 9.91. The van der Waals surface area contributed by atoms with Crippen LogP contribution in [0.3, 0.4) is 0 Å². The van der Waals surface area contributed by atoms with E-state index < -0.39 is 0 Å². The van der Waals surface area contributed by atoms with Crippen molar-refractivity contribution in [2.24, 2.45) is 0 Å². The molecule has 15 rings (SSSR count). The molecule has 0 saturated heterocycles. The molecule has 3 heterocycles. The molecule has 0 spiro atoms. The van der Waals surface area contributed by atoms with Gasteiger partial charge < -0.3 is 14.0 Å². The summed E-state index contributed by atoms with van der Waals surface area (Å²) in [5.41, 5.74) is 18.1. The first-order chi connectivity index (χ1) is 32.8. The molecule has 8 aromatic carbocycles. The Hall–Kier alpha value is -6.98. The van der Waals surface area contributed by atoms with E-state index in [9.17, 15) is 4.39 Å². The topological polar surface area (TPSA) is 43.9 Å². The van der Waals surface area contributed by atoms with Gasteiger partial charge in [-0.2, -0.15) is 0 Å². The molecule has 0 atom stereocenters. The zero-order valence-electron chi connectivity index (χ0n) is 38.6. The fraction of sp³-hybridized carbons (Fsp3) is 0.161. The van der Waals surface area contributed by atoms with E-state index in [1.165, 1.54) is 73.1 Å². The van der Waals surface area contributed by atoms with Crippen molar-refractivity contribution < 1.29 is 28.9 Å². The molecule has 4 aliphatic carbocycles. The van der Waals surface area contributed by atoms with Crippen LogP contribution in [0.1, 0.15) is 72.9 Å². The van der Waals surface area contributed by atoms with Crippen LogP contribution in [0.4, 0.5) is 4.39 Å². The summed E-state index contributed by atoms with van der Waals surface area (Å²) in [6, 6.07) is 63.3. The number of aromatic nitrogens is 3.